The molecule has 1 amide bonds. The molecule has 8 heteroatoms. The van der Waals surface area contributed by atoms with Gasteiger partial charge in [-0.3, -0.25) is 10.0 Å². The molecule has 0 unspecified atom stereocenters. The van der Waals surface area contributed by atoms with Crippen molar-refractivity contribution in [1.82, 2.24) is 14.6 Å². The zero-order valence-electron chi connectivity index (χ0n) is 15.7. The molecule has 0 atom stereocenters. The highest BCUT2D eigenvalue weighted by Gasteiger charge is 2.25. The zero-order valence-corrected chi connectivity index (χ0v) is 15.7. The minimum atomic E-state index is -2.69. The van der Waals surface area contributed by atoms with Crippen molar-refractivity contribution in [1.29, 1.82) is 0 Å². The van der Waals surface area contributed by atoms with Crippen LogP contribution in [0.5, 0.6) is 0 Å². The molecule has 0 spiro atoms. The second-order valence-corrected chi connectivity index (χ2v) is 7.04. The fraction of sp³-hybridized carbons (Fsp3) is 0.333. The summed E-state index contributed by atoms with van der Waals surface area (Å²) in [5.41, 5.74) is 2.24. The molecule has 2 aromatic carbocycles. The Morgan fingerprint density at radius 3 is 2.55 bits per heavy atom. The fourth-order valence-electron chi connectivity index (χ4n) is 3.59. The van der Waals surface area contributed by atoms with E-state index >= 15 is 0 Å². The summed E-state index contributed by atoms with van der Waals surface area (Å²) in [6.45, 7) is 1.23. The summed E-state index contributed by atoms with van der Waals surface area (Å²) in [5.74, 6) is -0.766. The standard InChI is InChI=1S/C21H21F2N3O3/c22-19(23)20-24-17-3-1-2-4-18(17)25(20)13-14-5-7-15(8-6-14)21(27)26(28)16-9-11-29-12-10-16/h1-8,16,19,28H,9-13H2. The number of hydroxylamine groups is 2. The van der Waals surface area contributed by atoms with Gasteiger partial charge in [0.2, 0.25) is 0 Å². The second kappa shape index (κ2) is 8.26. The Labute approximate surface area is 166 Å². The van der Waals surface area contributed by atoms with Crippen molar-refractivity contribution in [3.63, 3.8) is 0 Å². The van der Waals surface area contributed by atoms with Crippen LogP contribution in [0.3, 0.4) is 0 Å². The lowest BCUT2D eigenvalue weighted by molar-refractivity contribution is -0.112. The predicted molar refractivity (Wildman–Crippen MR) is 102 cm³/mol. The summed E-state index contributed by atoms with van der Waals surface area (Å²) in [4.78, 5) is 16.5. The number of amides is 1. The Bertz CT molecular complexity index is 998. The van der Waals surface area contributed by atoms with Crippen LogP contribution < -0.4 is 0 Å². The SMILES string of the molecule is O=C(c1ccc(Cn2c(C(F)F)nc3ccccc32)cc1)N(O)C1CCOCC1. The zero-order chi connectivity index (χ0) is 20.4. The first kappa shape index (κ1) is 19.5. The number of alkyl halides is 2. The molecule has 1 aliphatic rings. The van der Waals surface area contributed by atoms with Gasteiger partial charge in [0.05, 0.1) is 17.1 Å². The highest BCUT2D eigenvalue weighted by atomic mass is 19.3. The minimum absolute atomic E-state index is 0.206. The lowest BCUT2D eigenvalue weighted by atomic mass is 10.1. The molecule has 0 radical (unpaired) electrons. The molecule has 29 heavy (non-hydrogen) atoms. The third-order valence-corrected chi connectivity index (χ3v) is 5.17. The number of aromatic nitrogens is 2. The minimum Gasteiger partial charge on any atom is -0.381 e. The molecule has 1 fully saturated rings. The average molecular weight is 401 g/mol. The van der Waals surface area contributed by atoms with Crippen molar-refractivity contribution in [2.45, 2.75) is 31.9 Å². The number of hydrogen-bond donors (Lipinski definition) is 1. The molecule has 1 aliphatic heterocycles. The van der Waals surface area contributed by atoms with Crippen LogP contribution in [-0.2, 0) is 11.3 Å². The number of benzene rings is 2. The van der Waals surface area contributed by atoms with Crippen molar-refractivity contribution >= 4 is 16.9 Å². The lowest BCUT2D eigenvalue weighted by Gasteiger charge is -2.29. The van der Waals surface area contributed by atoms with Crippen LogP contribution in [0.1, 0.15) is 41.0 Å². The molecule has 1 saturated heterocycles. The van der Waals surface area contributed by atoms with Gasteiger partial charge in [-0.25, -0.2) is 18.8 Å². The van der Waals surface area contributed by atoms with E-state index in [1.165, 1.54) is 4.57 Å². The van der Waals surface area contributed by atoms with Crippen molar-refractivity contribution < 1.29 is 23.5 Å². The maximum Gasteiger partial charge on any atom is 0.295 e. The molecule has 6 nitrogen and oxygen atoms in total. The molecule has 1 N–H and O–H groups in total. The Balaban J connectivity index is 1.54. The van der Waals surface area contributed by atoms with E-state index in [2.05, 4.69) is 4.98 Å². The van der Waals surface area contributed by atoms with Crippen LogP contribution in [0.2, 0.25) is 0 Å². The van der Waals surface area contributed by atoms with E-state index in [1.807, 2.05) is 0 Å². The summed E-state index contributed by atoms with van der Waals surface area (Å²) in [5, 5.41) is 11.0. The van der Waals surface area contributed by atoms with Crippen LogP contribution in [0.4, 0.5) is 8.78 Å². The third-order valence-electron chi connectivity index (χ3n) is 5.17. The third kappa shape index (κ3) is 3.99. The summed E-state index contributed by atoms with van der Waals surface area (Å²) in [6.07, 6.45) is -1.51. The van der Waals surface area contributed by atoms with Gasteiger partial charge in [0, 0.05) is 25.3 Å². The van der Waals surface area contributed by atoms with Gasteiger partial charge in [-0.15, -0.1) is 0 Å². The van der Waals surface area contributed by atoms with Gasteiger partial charge in [-0.1, -0.05) is 24.3 Å². The molecule has 3 aromatic rings. The number of carbonyl (C=O) groups excluding carboxylic acids is 1. The molecule has 1 aromatic heterocycles. The molecule has 0 aliphatic carbocycles. The Hall–Kier alpha value is -2.84. The monoisotopic (exact) mass is 401 g/mol. The summed E-state index contributed by atoms with van der Waals surface area (Å²) in [7, 11) is 0. The molecule has 2 heterocycles. The smallest absolute Gasteiger partial charge is 0.295 e. The van der Waals surface area contributed by atoms with E-state index in [0.717, 1.165) is 10.6 Å². The van der Waals surface area contributed by atoms with Crippen LogP contribution in [0.15, 0.2) is 48.5 Å². The Morgan fingerprint density at radius 2 is 1.86 bits per heavy atom. The maximum absolute atomic E-state index is 13.4. The molecule has 0 saturated carbocycles. The number of para-hydroxylation sites is 2. The molecule has 0 bridgehead atoms. The topological polar surface area (TPSA) is 67.6 Å². The van der Waals surface area contributed by atoms with Crippen LogP contribution >= 0.6 is 0 Å². The summed E-state index contributed by atoms with van der Waals surface area (Å²) < 4.78 is 33.6. The van der Waals surface area contributed by atoms with Gasteiger partial charge < -0.3 is 9.30 Å². The van der Waals surface area contributed by atoms with Crippen LogP contribution in [0, 0.1) is 0 Å². The Morgan fingerprint density at radius 1 is 1.17 bits per heavy atom. The van der Waals surface area contributed by atoms with Crippen molar-refractivity contribution in [3.8, 4) is 0 Å². The number of nitrogens with zero attached hydrogens (tertiary/aromatic N) is 3. The molecule has 4 rings (SSSR count). The summed E-state index contributed by atoms with van der Waals surface area (Å²) >= 11 is 0. The summed E-state index contributed by atoms with van der Waals surface area (Å²) in [6, 6.07) is 13.3. The van der Waals surface area contributed by atoms with Gasteiger partial charge in [0.15, 0.2) is 5.82 Å². The second-order valence-electron chi connectivity index (χ2n) is 7.04. The van der Waals surface area contributed by atoms with E-state index in [0.29, 0.717) is 42.7 Å². The molecular weight excluding hydrogens is 380 g/mol. The van der Waals surface area contributed by atoms with E-state index in [4.69, 9.17) is 4.74 Å². The molecule has 152 valence electrons. The quantitative estimate of drug-likeness (QED) is 0.518. The van der Waals surface area contributed by atoms with Gasteiger partial charge in [0.1, 0.15) is 0 Å². The van der Waals surface area contributed by atoms with E-state index in [9.17, 15) is 18.8 Å². The van der Waals surface area contributed by atoms with Crippen LogP contribution in [-0.4, -0.2) is 45.0 Å². The molecular formula is C21H21F2N3O3. The number of hydrogen-bond acceptors (Lipinski definition) is 4. The first-order valence-corrected chi connectivity index (χ1v) is 9.47. The fourth-order valence-corrected chi connectivity index (χ4v) is 3.59. The van der Waals surface area contributed by atoms with Gasteiger partial charge in [-0.2, -0.15) is 0 Å². The predicted octanol–water partition coefficient (Wildman–Crippen LogP) is 4.03. The largest absolute Gasteiger partial charge is 0.381 e. The Kier molecular flexibility index (Phi) is 5.55. The normalized spacial score (nSPS) is 15.2. The van der Waals surface area contributed by atoms with Gasteiger partial charge in [-0.05, 0) is 42.7 Å². The van der Waals surface area contributed by atoms with E-state index in [1.54, 1.807) is 48.5 Å². The lowest BCUT2D eigenvalue weighted by Crippen LogP contribution is -2.41. The number of imidazole rings is 1. The first-order chi connectivity index (χ1) is 14.0. The van der Waals surface area contributed by atoms with Crippen molar-refractivity contribution in [3.05, 3.63) is 65.5 Å². The number of rotatable bonds is 5. The average Bonchev–Trinajstić information content (AvgIpc) is 3.13. The number of halogens is 2. The van der Waals surface area contributed by atoms with Crippen LogP contribution in [0.25, 0.3) is 11.0 Å². The first-order valence-electron chi connectivity index (χ1n) is 9.47. The highest BCUT2D eigenvalue weighted by molar-refractivity contribution is 5.93. The van der Waals surface area contributed by atoms with Crippen molar-refractivity contribution in [2.24, 2.45) is 0 Å². The van der Waals surface area contributed by atoms with Gasteiger partial charge >= 0.3 is 0 Å². The maximum atomic E-state index is 13.4. The highest BCUT2D eigenvalue weighted by Crippen LogP contribution is 2.25. The van der Waals surface area contributed by atoms with E-state index in [-0.39, 0.29) is 18.4 Å². The number of carbonyl (C=O) groups is 1. The number of ether oxygens (including phenoxy) is 1. The number of fused-ring (bicyclic) bond motifs is 1. The van der Waals surface area contributed by atoms with Crippen molar-refractivity contribution in [2.75, 3.05) is 13.2 Å². The van der Waals surface area contributed by atoms with Gasteiger partial charge in [0.25, 0.3) is 12.3 Å². The van der Waals surface area contributed by atoms with E-state index < -0.39 is 12.3 Å².